The van der Waals surface area contributed by atoms with E-state index in [-0.39, 0.29) is 23.4 Å². The molecule has 0 radical (unpaired) electrons. The van der Waals surface area contributed by atoms with Crippen molar-refractivity contribution in [1.29, 1.82) is 0 Å². The van der Waals surface area contributed by atoms with Crippen molar-refractivity contribution in [3.8, 4) is 11.4 Å². The number of aliphatic hydroxyl groups is 1. The van der Waals surface area contributed by atoms with Crippen LogP contribution in [0, 0.1) is 0 Å². The molecule has 1 saturated heterocycles. The number of ether oxygens (including phenoxy) is 1. The fourth-order valence-electron chi connectivity index (χ4n) is 3.07. The summed E-state index contributed by atoms with van der Waals surface area (Å²) in [6.07, 6.45) is 2.08. The third-order valence-corrected chi connectivity index (χ3v) is 6.46. The van der Waals surface area contributed by atoms with Crippen LogP contribution in [-0.2, 0) is 9.48 Å². The molecule has 1 aromatic heterocycles. The maximum absolute atomic E-state index is 12.0. The lowest BCUT2D eigenvalue weighted by Gasteiger charge is -2.30. The lowest BCUT2D eigenvalue weighted by molar-refractivity contribution is 0.122. The van der Waals surface area contributed by atoms with Gasteiger partial charge in [-0.2, -0.15) is 11.8 Å². The molecule has 1 atom stereocenters. The first kappa shape index (κ1) is 23.3. The largest absolute Gasteiger partial charge is 0.394 e. The van der Waals surface area contributed by atoms with Gasteiger partial charge in [0.25, 0.3) is 0 Å². The monoisotopic (exact) mass is 445 g/mol. The smallest absolute Gasteiger partial charge is 0.319 e. The summed E-state index contributed by atoms with van der Waals surface area (Å²) in [5.41, 5.74) is 2.51. The number of carbonyl (C=O) groups excluding carboxylic acids is 1. The zero-order chi connectivity index (χ0) is 22.4. The summed E-state index contributed by atoms with van der Waals surface area (Å²) in [5.74, 6) is 1.57. The molecular weight excluding hydrogens is 414 g/mol. The highest BCUT2D eigenvalue weighted by molar-refractivity contribution is 7.99. The topological polar surface area (TPSA) is 99.6 Å². The van der Waals surface area contributed by atoms with Crippen molar-refractivity contribution in [1.82, 2.24) is 15.3 Å². The van der Waals surface area contributed by atoms with Crippen molar-refractivity contribution >= 4 is 29.3 Å². The number of nitrogens with one attached hydrogen (secondary N) is 2. The SMILES string of the molecule is CSC(C)(C)c1cc(N2CCOCC2)nc(-c2ccc(NC(=O)N[C@H](C)CO)cc2)n1. The summed E-state index contributed by atoms with van der Waals surface area (Å²) in [7, 11) is 0. The number of thioether (sulfide) groups is 1. The highest BCUT2D eigenvalue weighted by Gasteiger charge is 2.25. The Morgan fingerprint density at radius 3 is 2.55 bits per heavy atom. The molecule has 9 heteroatoms. The first-order valence-electron chi connectivity index (χ1n) is 10.4. The molecule has 2 heterocycles. The molecule has 0 aliphatic carbocycles. The second-order valence-electron chi connectivity index (χ2n) is 8.01. The van der Waals surface area contributed by atoms with E-state index in [0.29, 0.717) is 24.7 Å². The molecule has 2 aromatic rings. The van der Waals surface area contributed by atoms with Gasteiger partial charge in [0.2, 0.25) is 0 Å². The van der Waals surface area contributed by atoms with Crippen LogP contribution < -0.4 is 15.5 Å². The van der Waals surface area contributed by atoms with E-state index < -0.39 is 0 Å². The summed E-state index contributed by atoms with van der Waals surface area (Å²) in [4.78, 5) is 23.9. The van der Waals surface area contributed by atoms with Crippen LogP contribution in [0.25, 0.3) is 11.4 Å². The van der Waals surface area contributed by atoms with Crippen LogP contribution >= 0.6 is 11.8 Å². The third-order valence-electron chi connectivity index (χ3n) is 5.23. The number of hydrogen-bond donors (Lipinski definition) is 3. The predicted molar refractivity (Wildman–Crippen MR) is 126 cm³/mol. The molecule has 1 aromatic carbocycles. The quantitative estimate of drug-likeness (QED) is 0.602. The Morgan fingerprint density at radius 1 is 1.26 bits per heavy atom. The van der Waals surface area contributed by atoms with E-state index in [4.69, 9.17) is 19.8 Å². The molecule has 2 amide bonds. The summed E-state index contributed by atoms with van der Waals surface area (Å²) in [6, 6.07) is 8.86. The maximum Gasteiger partial charge on any atom is 0.319 e. The van der Waals surface area contributed by atoms with Crippen LogP contribution in [-0.4, -0.2) is 66.3 Å². The molecule has 31 heavy (non-hydrogen) atoms. The van der Waals surface area contributed by atoms with E-state index in [1.807, 2.05) is 24.3 Å². The van der Waals surface area contributed by atoms with Crippen molar-refractivity contribution in [2.24, 2.45) is 0 Å². The minimum absolute atomic E-state index is 0.113. The van der Waals surface area contributed by atoms with Crippen molar-refractivity contribution < 1.29 is 14.6 Å². The minimum Gasteiger partial charge on any atom is -0.394 e. The van der Waals surface area contributed by atoms with Gasteiger partial charge in [0.15, 0.2) is 5.82 Å². The van der Waals surface area contributed by atoms with E-state index in [1.54, 1.807) is 18.7 Å². The molecule has 168 valence electrons. The Labute approximate surface area is 187 Å². The number of carbonyl (C=O) groups is 1. The number of aromatic nitrogens is 2. The molecule has 1 aliphatic heterocycles. The zero-order valence-corrected chi connectivity index (χ0v) is 19.3. The van der Waals surface area contributed by atoms with E-state index in [9.17, 15) is 4.79 Å². The van der Waals surface area contributed by atoms with Crippen LogP contribution in [0.5, 0.6) is 0 Å². The maximum atomic E-state index is 12.0. The Morgan fingerprint density at radius 2 is 1.94 bits per heavy atom. The molecule has 1 fully saturated rings. The highest BCUT2D eigenvalue weighted by Crippen LogP contribution is 2.35. The zero-order valence-electron chi connectivity index (χ0n) is 18.5. The normalized spacial score (nSPS) is 15.5. The molecule has 8 nitrogen and oxygen atoms in total. The van der Waals surface area contributed by atoms with Gasteiger partial charge in [-0.25, -0.2) is 14.8 Å². The average molecular weight is 446 g/mol. The predicted octanol–water partition coefficient (Wildman–Crippen LogP) is 3.08. The third kappa shape index (κ3) is 6.09. The number of benzene rings is 1. The average Bonchev–Trinajstić information content (AvgIpc) is 2.79. The van der Waals surface area contributed by atoms with Crippen molar-refractivity contribution in [2.45, 2.75) is 31.6 Å². The van der Waals surface area contributed by atoms with Crippen molar-refractivity contribution in [2.75, 3.05) is 49.4 Å². The Hall–Kier alpha value is -2.36. The number of aliphatic hydroxyl groups excluding tert-OH is 1. The van der Waals surface area contributed by atoms with Crippen LogP contribution in [0.2, 0.25) is 0 Å². The van der Waals surface area contributed by atoms with E-state index in [0.717, 1.165) is 30.2 Å². The number of amides is 2. The number of hydrogen-bond acceptors (Lipinski definition) is 7. The van der Waals surface area contributed by atoms with Crippen LogP contribution in [0.15, 0.2) is 30.3 Å². The Bertz CT molecular complexity index is 885. The van der Waals surface area contributed by atoms with Crippen LogP contribution in [0.1, 0.15) is 26.5 Å². The van der Waals surface area contributed by atoms with Crippen LogP contribution in [0.4, 0.5) is 16.3 Å². The summed E-state index contributed by atoms with van der Waals surface area (Å²) in [5, 5.41) is 14.5. The van der Waals surface area contributed by atoms with E-state index >= 15 is 0 Å². The molecule has 1 aliphatic rings. The van der Waals surface area contributed by atoms with Gasteiger partial charge in [0.05, 0.1) is 36.3 Å². The molecule has 0 bridgehead atoms. The number of anilines is 2. The Balaban J connectivity index is 1.86. The molecule has 0 saturated carbocycles. The van der Waals surface area contributed by atoms with Gasteiger partial charge in [-0.1, -0.05) is 0 Å². The number of urea groups is 1. The van der Waals surface area contributed by atoms with Gasteiger partial charge < -0.3 is 25.4 Å². The molecule has 0 unspecified atom stereocenters. The van der Waals surface area contributed by atoms with Gasteiger partial charge in [0.1, 0.15) is 5.82 Å². The van der Waals surface area contributed by atoms with Crippen molar-refractivity contribution in [3.05, 3.63) is 36.0 Å². The highest BCUT2D eigenvalue weighted by atomic mass is 32.2. The van der Waals surface area contributed by atoms with Crippen LogP contribution in [0.3, 0.4) is 0 Å². The number of rotatable bonds is 7. The number of nitrogens with zero attached hydrogens (tertiary/aromatic N) is 3. The van der Waals surface area contributed by atoms with Gasteiger partial charge in [-0.15, -0.1) is 0 Å². The second kappa shape index (κ2) is 10.3. The van der Waals surface area contributed by atoms with Gasteiger partial charge in [-0.05, 0) is 51.3 Å². The molecule has 3 rings (SSSR count). The molecular formula is C22H31N5O3S. The summed E-state index contributed by atoms with van der Waals surface area (Å²) in [6.45, 7) is 8.93. The van der Waals surface area contributed by atoms with Gasteiger partial charge >= 0.3 is 6.03 Å². The fraction of sp³-hybridized carbons (Fsp3) is 0.500. The first-order valence-corrected chi connectivity index (χ1v) is 11.6. The second-order valence-corrected chi connectivity index (χ2v) is 9.44. The van der Waals surface area contributed by atoms with E-state index in [1.165, 1.54) is 0 Å². The lowest BCUT2D eigenvalue weighted by atomic mass is 10.1. The van der Waals surface area contributed by atoms with E-state index in [2.05, 4.69) is 41.7 Å². The number of morpholine rings is 1. The van der Waals surface area contributed by atoms with Gasteiger partial charge in [-0.3, -0.25) is 0 Å². The fourth-order valence-corrected chi connectivity index (χ4v) is 3.38. The lowest BCUT2D eigenvalue weighted by Crippen LogP contribution is -2.38. The minimum atomic E-state index is -0.358. The van der Waals surface area contributed by atoms with Gasteiger partial charge in [0, 0.05) is 30.4 Å². The standard InChI is InChI=1S/C22H31N5O3S/c1-15(14-28)23-21(29)24-17-7-5-16(6-8-17)20-25-18(22(2,3)31-4)13-19(26-20)27-9-11-30-12-10-27/h5-8,13,15,28H,9-12,14H2,1-4H3,(H2,23,24,29)/t15-/m1/s1. The summed E-state index contributed by atoms with van der Waals surface area (Å²) >= 11 is 1.75. The first-order chi connectivity index (χ1) is 14.8. The Kier molecular flexibility index (Phi) is 7.74. The molecule has 3 N–H and O–H groups in total. The van der Waals surface area contributed by atoms with Crippen molar-refractivity contribution in [3.63, 3.8) is 0 Å². The molecule has 0 spiro atoms. The summed E-state index contributed by atoms with van der Waals surface area (Å²) < 4.78 is 5.34.